The number of ketones is 3. The summed E-state index contributed by atoms with van der Waals surface area (Å²) in [6.45, 7) is 6.22. The van der Waals surface area contributed by atoms with Gasteiger partial charge in [-0.15, -0.1) is 12.4 Å². The molecule has 9 nitrogen and oxygen atoms in total. The van der Waals surface area contributed by atoms with Crippen LogP contribution in [0.4, 0.5) is 23.2 Å². The molecular weight excluding hydrogens is 763 g/mol. The highest BCUT2D eigenvalue weighted by atomic mass is 35.5. The Labute approximate surface area is 318 Å². The lowest BCUT2D eigenvalue weighted by Crippen LogP contribution is -2.29. The molecule has 0 aliphatic rings. The van der Waals surface area contributed by atoms with Crippen molar-refractivity contribution in [1.82, 2.24) is 9.78 Å². The lowest BCUT2D eigenvalue weighted by atomic mass is 9.95. The van der Waals surface area contributed by atoms with Crippen LogP contribution in [0.25, 0.3) is 16.9 Å². The van der Waals surface area contributed by atoms with Crippen LogP contribution in [-0.2, 0) is 14.3 Å². The molecule has 280 valence electrons. The number of anilines is 1. The molecule has 1 aromatic heterocycles. The minimum Gasteiger partial charge on any atom is -0.460 e. The van der Waals surface area contributed by atoms with Gasteiger partial charge in [-0.3, -0.25) is 20.2 Å². The van der Waals surface area contributed by atoms with Crippen LogP contribution in [0.1, 0.15) is 47.2 Å². The fourth-order valence-corrected chi connectivity index (χ4v) is 4.83. The van der Waals surface area contributed by atoms with E-state index in [-0.39, 0.29) is 41.9 Å². The number of nitrogens with two attached hydrogens (primary N) is 1. The number of ether oxygens (including phenoxy) is 1. The van der Waals surface area contributed by atoms with Gasteiger partial charge in [0.15, 0.2) is 23.2 Å². The van der Waals surface area contributed by atoms with Crippen molar-refractivity contribution >= 4 is 64.6 Å². The Kier molecular flexibility index (Phi) is 16.8. The fourth-order valence-electron chi connectivity index (χ4n) is 4.57. The zero-order valence-corrected chi connectivity index (χ0v) is 30.9. The van der Waals surface area contributed by atoms with Gasteiger partial charge < -0.3 is 10.2 Å². The van der Waals surface area contributed by atoms with Gasteiger partial charge in [0.25, 0.3) is 5.78 Å². The van der Waals surface area contributed by atoms with E-state index in [1.54, 1.807) is 50.2 Å². The number of aromatic nitrogens is 2. The van der Waals surface area contributed by atoms with Gasteiger partial charge in [0, 0.05) is 45.8 Å². The number of rotatable bonds is 9. The first kappa shape index (κ1) is 44.1. The smallest absolute Gasteiger partial charge is 0.375 e. The molecule has 0 bridgehead atoms. The first-order chi connectivity index (χ1) is 24.6. The van der Waals surface area contributed by atoms with Gasteiger partial charge in [-0.1, -0.05) is 35.3 Å². The first-order valence-electron chi connectivity index (χ1n) is 15.3. The van der Waals surface area contributed by atoms with Gasteiger partial charge in [-0.2, -0.15) is 5.10 Å². The number of nitrogens with one attached hydrogen (secondary N) is 1. The largest absolute Gasteiger partial charge is 0.460 e. The van der Waals surface area contributed by atoms with Crippen LogP contribution in [0, 0.1) is 36.1 Å². The Balaban J connectivity index is 0.000000296. The van der Waals surface area contributed by atoms with Crippen LogP contribution in [0.3, 0.4) is 0 Å². The number of halogens is 7. The van der Waals surface area contributed by atoms with E-state index in [1.165, 1.54) is 42.8 Å². The van der Waals surface area contributed by atoms with Crippen molar-refractivity contribution in [2.24, 2.45) is 11.8 Å². The Bertz CT molecular complexity index is 2080. The topological polar surface area (TPSA) is 133 Å². The number of Topliss-reactive ketones (excluding diaryl/α,β-unsaturated/α-hetero) is 3. The molecule has 0 saturated carbocycles. The summed E-state index contributed by atoms with van der Waals surface area (Å²) in [6.07, 6.45) is 0. The number of carbonyl (C=O) groups is 4. The Morgan fingerprint density at radius 1 is 0.849 bits per heavy atom. The number of hydrogen-bond donors (Lipinski definition) is 2. The number of nitrogens with zero attached hydrogens (tertiary/aromatic N) is 2. The normalized spacial score (nSPS) is 10.7. The Morgan fingerprint density at radius 3 is 1.87 bits per heavy atom. The van der Waals surface area contributed by atoms with Crippen molar-refractivity contribution in [3.63, 3.8) is 0 Å². The number of benzene rings is 4. The molecule has 1 unspecified atom stereocenters. The van der Waals surface area contributed by atoms with Gasteiger partial charge in [0.2, 0.25) is 0 Å². The molecule has 1 heterocycles. The second kappa shape index (κ2) is 20.2. The summed E-state index contributed by atoms with van der Waals surface area (Å²) < 4.78 is 58.0. The Hall–Kier alpha value is -5.08. The van der Waals surface area contributed by atoms with Crippen molar-refractivity contribution < 1.29 is 41.5 Å². The van der Waals surface area contributed by atoms with Gasteiger partial charge in [0.05, 0.1) is 23.9 Å². The van der Waals surface area contributed by atoms with Crippen molar-refractivity contribution in [3.8, 4) is 16.9 Å². The highest BCUT2D eigenvalue weighted by Gasteiger charge is 2.29. The zero-order chi connectivity index (χ0) is 38.7. The number of carbonyl (C=O) groups excluding carboxylic acids is 4. The second-order valence-corrected chi connectivity index (χ2v) is 11.7. The van der Waals surface area contributed by atoms with Crippen LogP contribution in [0.2, 0.25) is 10.0 Å². The van der Waals surface area contributed by atoms with Gasteiger partial charge in [-0.05, 0) is 81.4 Å². The minimum absolute atomic E-state index is 0. The van der Waals surface area contributed by atoms with E-state index in [1.807, 2.05) is 0 Å². The van der Waals surface area contributed by atoms with Crippen molar-refractivity contribution in [2.75, 3.05) is 12.0 Å². The second-order valence-electron chi connectivity index (χ2n) is 10.8. The lowest BCUT2D eigenvalue weighted by Gasteiger charge is -2.10. The van der Waals surface area contributed by atoms with Crippen LogP contribution >= 0.6 is 35.6 Å². The van der Waals surface area contributed by atoms with Crippen LogP contribution in [-0.4, -0.2) is 39.7 Å². The molecule has 0 saturated heterocycles. The first-order valence-corrected chi connectivity index (χ1v) is 16.1. The van der Waals surface area contributed by atoms with Gasteiger partial charge in [-0.25, -0.2) is 27.0 Å². The number of esters is 1. The number of hydrazine groups is 1. The van der Waals surface area contributed by atoms with Crippen molar-refractivity contribution in [2.45, 2.75) is 27.7 Å². The van der Waals surface area contributed by atoms with Crippen LogP contribution in [0.15, 0.2) is 84.9 Å². The molecule has 0 radical (unpaired) electrons. The highest BCUT2D eigenvalue weighted by Crippen LogP contribution is 2.31. The molecule has 5 aromatic rings. The molecular formula is C37H33Cl3F4N4O5. The third-order valence-electron chi connectivity index (χ3n) is 7.19. The zero-order valence-electron chi connectivity index (χ0n) is 28.6. The molecule has 0 amide bonds. The SMILES string of the molecule is CC(=O)c1nn(-c2ccc(F)cc2F)c(-c2ccc(Cl)cc2)c1C.CCOC(=O)C(=O)C(C)C(=O)c1ccc(Cl)cc1.Cl.NNc1ccc(F)cc1F. The summed E-state index contributed by atoms with van der Waals surface area (Å²) in [5.41, 5.74) is 4.71. The monoisotopic (exact) mass is 794 g/mol. The highest BCUT2D eigenvalue weighted by molar-refractivity contribution is 6.39. The van der Waals surface area contributed by atoms with E-state index < -0.39 is 46.7 Å². The predicted molar refractivity (Wildman–Crippen MR) is 197 cm³/mol. The fraction of sp³-hybridized carbons (Fsp3) is 0.162. The number of hydrogen-bond acceptors (Lipinski definition) is 8. The van der Waals surface area contributed by atoms with Gasteiger partial charge >= 0.3 is 5.97 Å². The molecule has 0 spiro atoms. The predicted octanol–water partition coefficient (Wildman–Crippen LogP) is 8.95. The average molecular weight is 796 g/mol. The molecule has 1 atom stereocenters. The minimum atomic E-state index is -1.05. The van der Waals surface area contributed by atoms with E-state index in [0.29, 0.717) is 26.9 Å². The summed E-state index contributed by atoms with van der Waals surface area (Å²) in [7, 11) is 0. The summed E-state index contributed by atoms with van der Waals surface area (Å²) in [5, 5.41) is 5.29. The third-order valence-corrected chi connectivity index (χ3v) is 7.69. The summed E-state index contributed by atoms with van der Waals surface area (Å²) >= 11 is 11.6. The maximum Gasteiger partial charge on any atom is 0.375 e. The molecule has 0 fully saturated rings. The summed E-state index contributed by atoms with van der Waals surface area (Å²) in [4.78, 5) is 46.6. The quantitative estimate of drug-likeness (QED) is 0.0288. The molecule has 16 heteroatoms. The van der Waals surface area contributed by atoms with E-state index in [0.717, 1.165) is 29.8 Å². The average Bonchev–Trinajstić information content (AvgIpc) is 3.45. The van der Waals surface area contributed by atoms with E-state index in [2.05, 4.69) is 15.3 Å². The van der Waals surface area contributed by atoms with Gasteiger partial charge in [0.1, 0.15) is 23.0 Å². The van der Waals surface area contributed by atoms with E-state index in [4.69, 9.17) is 29.0 Å². The Morgan fingerprint density at radius 2 is 1.38 bits per heavy atom. The standard InChI is InChI=1S/C18H13ClF2N2O.C13H13ClO4.C6H6F2N2.ClH/c1-10-17(11(2)24)22-23(16-8-7-14(20)9-15(16)21)18(10)12-3-5-13(19)6-4-12;1-3-18-13(17)12(16)8(2)11(15)9-4-6-10(14)7-5-9;7-4-1-2-6(10-9)5(8)3-4;/h3-9H,1-2H3;4-8H,3H2,1-2H3;1-3,10H,9H2;1H. The van der Waals surface area contributed by atoms with Crippen LogP contribution < -0.4 is 11.3 Å². The summed E-state index contributed by atoms with van der Waals surface area (Å²) in [6, 6.07) is 19.4. The molecule has 0 aliphatic heterocycles. The summed E-state index contributed by atoms with van der Waals surface area (Å²) in [5.74, 6) is -1.39. The molecule has 4 aromatic carbocycles. The molecule has 53 heavy (non-hydrogen) atoms. The van der Waals surface area contributed by atoms with Crippen LogP contribution in [0.5, 0.6) is 0 Å². The van der Waals surface area contributed by atoms with E-state index >= 15 is 0 Å². The maximum absolute atomic E-state index is 14.2. The molecule has 5 rings (SSSR count). The lowest BCUT2D eigenvalue weighted by molar-refractivity contribution is -0.154. The maximum atomic E-state index is 14.2. The van der Waals surface area contributed by atoms with Crippen molar-refractivity contribution in [3.05, 3.63) is 135 Å². The third kappa shape index (κ3) is 11.7. The van der Waals surface area contributed by atoms with E-state index in [9.17, 15) is 36.7 Å². The number of nitrogen functional groups attached to an aromatic ring is 1. The molecule has 3 N–H and O–H groups in total. The van der Waals surface area contributed by atoms with Crippen molar-refractivity contribution in [1.29, 1.82) is 0 Å². The molecule has 0 aliphatic carbocycles.